The molecule has 1 nitrogen and oxygen atoms in total. The molecule has 2 aromatic rings. The van der Waals surface area contributed by atoms with Gasteiger partial charge in [0.1, 0.15) is 0 Å². The normalized spacial score (nSPS) is 11.0. The Labute approximate surface area is 99.8 Å². The molecule has 0 amide bonds. The van der Waals surface area contributed by atoms with E-state index in [0.717, 1.165) is 11.0 Å². The molecule has 74 valence electrons. The first-order valence-corrected chi connectivity index (χ1v) is 7.33. The van der Waals surface area contributed by atoms with Crippen LogP contribution in [-0.4, -0.2) is 6.26 Å². The van der Waals surface area contributed by atoms with Crippen molar-refractivity contribution >= 4 is 54.8 Å². The number of nitrogen functional groups attached to an aromatic ring is 1. The smallest absolute Gasteiger partial charge is 0.0609 e. The van der Waals surface area contributed by atoms with E-state index >= 15 is 0 Å². The van der Waals surface area contributed by atoms with Crippen LogP contribution in [0.5, 0.6) is 0 Å². The first-order chi connectivity index (χ1) is 6.76. The fourth-order valence-corrected chi connectivity index (χ4v) is 3.79. The van der Waals surface area contributed by atoms with Crippen molar-refractivity contribution in [2.24, 2.45) is 0 Å². The summed E-state index contributed by atoms with van der Waals surface area (Å²) in [6, 6.07) is 6.24. The highest BCUT2D eigenvalue weighted by atomic mass is 79.9. The number of nitrogens with two attached hydrogens (primary N) is 1. The fourth-order valence-electron chi connectivity index (χ4n) is 1.38. The maximum Gasteiger partial charge on any atom is 0.0609 e. The van der Waals surface area contributed by atoms with Crippen LogP contribution in [0.2, 0.25) is 0 Å². The van der Waals surface area contributed by atoms with Crippen LogP contribution < -0.4 is 5.73 Å². The molecule has 1 aromatic carbocycles. The van der Waals surface area contributed by atoms with Gasteiger partial charge in [0.25, 0.3) is 0 Å². The van der Waals surface area contributed by atoms with Gasteiger partial charge in [0.15, 0.2) is 0 Å². The first kappa shape index (κ1) is 10.3. The molecule has 1 heterocycles. The molecule has 0 bridgehead atoms. The molecule has 1 aromatic heterocycles. The third-order valence-corrected chi connectivity index (χ3v) is 5.00. The molecule has 0 radical (unpaired) electrons. The predicted molar refractivity (Wildman–Crippen MR) is 70.6 cm³/mol. The number of rotatable bonds is 2. The van der Waals surface area contributed by atoms with Crippen molar-refractivity contribution < 1.29 is 0 Å². The van der Waals surface area contributed by atoms with Gasteiger partial charge in [-0.3, -0.25) is 0 Å². The Kier molecular flexibility index (Phi) is 3.04. The number of anilines is 1. The third kappa shape index (κ3) is 1.66. The molecule has 0 unspecified atom stereocenters. The average molecular weight is 288 g/mol. The topological polar surface area (TPSA) is 26.0 Å². The van der Waals surface area contributed by atoms with Gasteiger partial charge in [-0.2, -0.15) is 0 Å². The molecule has 0 saturated heterocycles. The largest absolute Gasteiger partial charge is 0.398 e. The van der Waals surface area contributed by atoms with E-state index < -0.39 is 0 Å². The minimum Gasteiger partial charge on any atom is -0.398 e. The average Bonchev–Trinajstić information content (AvgIpc) is 2.63. The lowest BCUT2D eigenvalue weighted by atomic mass is 10.1. The lowest BCUT2D eigenvalue weighted by Gasteiger charge is -2.00. The molecular weight excluding hydrogens is 278 g/mol. The van der Waals surface area contributed by atoms with Gasteiger partial charge in [-0.15, -0.1) is 23.1 Å². The maximum absolute atomic E-state index is 5.93. The van der Waals surface area contributed by atoms with Crippen LogP contribution in [0, 0.1) is 0 Å². The number of thioether (sulfide) groups is 1. The van der Waals surface area contributed by atoms with Crippen LogP contribution in [0.15, 0.2) is 22.4 Å². The summed E-state index contributed by atoms with van der Waals surface area (Å²) in [6.07, 6.45) is 2.09. The van der Waals surface area contributed by atoms with Gasteiger partial charge in [0.2, 0.25) is 0 Å². The van der Waals surface area contributed by atoms with E-state index in [1.807, 2.05) is 17.4 Å². The molecular formula is C10H10BrNS2. The Bertz CT molecular complexity index is 464. The molecule has 0 aliphatic heterocycles. The highest BCUT2D eigenvalue weighted by Crippen LogP contribution is 2.37. The van der Waals surface area contributed by atoms with Crippen molar-refractivity contribution in [1.29, 1.82) is 0 Å². The minimum atomic E-state index is 0.876. The van der Waals surface area contributed by atoms with Gasteiger partial charge in [-0.1, -0.05) is 22.0 Å². The van der Waals surface area contributed by atoms with Crippen molar-refractivity contribution in [2.45, 2.75) is 9.54 Å². The van der Waals surface area contributed by atoms with Gasteiger partial charge in [-0.25, -0.2) is 0 Å². The van der Waals surface area contributed by atoms with E-state index in [-0.39, 0.29) is 0 Å². The zero-order valence-corrected chi connectivity index (χ0v) is 10.9. The van der Waals surface area contributed by atoms with Gasteiger partial charge in [-0.05, 0) is 24.0 Å². The molecule has 2 N–H and O–H groups in total. The summed E-state index contributed by atoms with van der Waals surface area (Å²) in [6.45, 7) is 0. The molecule has 14 heavy (non-hydrogen) atoms. The van der Waals surface area contributed by atoms with Crippen molar-refractivity contribution in [3.63, 3.8) is 0 Å². The van der Waals surface area contributed by atoms with E-state index in [0.29, 0.717) is 0 Å². The van der Waals surface area contributed by atoms with E-state index in [1.165, 1.54) is 19.9 Å². The fraction of sp³-hybridized carbons (Fsp3) is 0.200. The quantitative estimate of drug-likeness (QED) is 0.511. The number of halogens is 1. The number of benzene rings is 1. The van der Waals surface area contributed by atoms with Crippen LogP contribution >= 0.6 is 39.0 Å². The van der Waals surface area contributed by atoms with Crippen LogP contribution in [-0.2, 0) is 5.33 Å². The lowest BCUT2D eigenvalue weighted by Crippen LogP contribution is -1.86. The van der Waals surface area contributed by atoms with Crippen molar-refractivity contribution in [1.82, 2.24) is 0 Å². The van der Waals surface area contributed by atoms with Crippen LogP contribution in [0.4, 0.5) is 5.69 Å². The summed E-state index contributed by atoms with van der Waals surface area (Å²) >= 11 is 7.08. The molecule has 0 aliphatic carbocycles. The molecule has 0 aliphatic rings. The number of hydrogen-bond acceptors (Lipinski definition) is 3. The predicted octanol–water partition coefficient (Wildman–Crippen LogP) is 4.10. The standard InChI is InChI=1S/C10H10BrNS2/c1-13-9-4-7-8(12)3-2-6(5-11)10(7)14-9/h2-4H,5,12H2,1H3. The maximum atomic E-state index is 5.93. The summed E-state index contributed by atoms with van der Waals surface area (Å²) in [7, 11) is 0. The summed E-state index contributed by atoms with van der Waals surface area (Å²) in [5.74, 6) is 0. The highest BCUT2D eigenvalue weighted by molar-refractivity contribution is 9.08. The van der Waals surface area contributed by atoms with Gasteiger partial charge in [0, 0.05) is 21.1 Å². The summed E-state index contributed by atoms with van der Waals surface area (Å²) in [4.78, 5) is 0. The van der Waals surface area contributed by atoms with Crippen LogP contribution in [0.3, 0.4) is 0 Å². The summed E-state index contributed by atoms with van der Waals surface area (Å²) in [5, 5.41) is 2.08. The second kappa shape index (κ2) is 4.13. The number of thiophene rings is 1. The van der Waals surface area contributed by atoms with Crippen LogP contribution in [0.25, 0.3) is 10.1 Å². The molecule has 0 spiro atoms. The monoisotopic (exact) mass is 287 g/mol. The molecule has 4 heteroatoms. The summed E-state index contributed by atoms with van der Waals surface area (Å²) in [5.41, 5.74) is 8.13. The van der Waals surface area contributed by atoms with E-state index in [9.17, 15) is 0 Å². The van der Waals surface area contributed by atoms with Crippen molar-refractivity contribution in [3.8, 4) is 0 Å². The SMILES string of the molecule is CSc1cc2c(N)ccc(CBr)c2s1. The van der Waals surface area contributed by atoms with E-state index in [4.69, 9.17) is 5.73 Å². The number of alkyl halides is 1. The van der Waals surface area contributed by atoms with Gasteiger partial charge < -0.3 is 5.73 Å². The van der Waals surface area contributed by atoms with Gasteiger partial charge in [0.05, 0.1) is 4.21 Å². The zero-order valence-electron chi connectivity index (χ0n) is 7.71. The molecule has 0 fully saturated rings. The first-order valence-electron chi connectivity index (χ1n) is 4.17. The second-order valence-electron chi connectivity index (χ2n) is 2.96. The zero-order chi connectivity index (χ0) is 10.1. The third-order valence-electron chi connectivity index (χ3n) is 2.12. The number of hydrogen-bond donors (Lipinski definition) is 1. The second-order valence-corrected chi connectivity index (χ2v) is 5.68. The van der Waals surface area contributed by atoms with E-state index in [1.54, 1.807) is 11.8 Å². The number of fused-ring (bicyclic) bond motifs is 1. The van der Waals surface area contributed by atoms with Crippen molar-refractivity contribution in [3.05, 3.63) is 23.8 Å². The Morgan fingerprint density at radius 3 is 2.93 bits per heavy atom. The van der Waals surface area contributed by atoms with Crippen molar-refractivity contribution in [2.75, 3.05) is 12.0 Å². The molecule has 0 atom stereocenters. The molecule has 0 saturated carbocycles. The highest BCUT2D eigenvalue weighted by Gasteiger charge is 2.07. The lowest BCUT2D eigenvalue weighted by molar-refractivity contribution is 1.51. The minimum absolute atomic E-state index is 0.876. The Balaban J connectivity index is 2.74. The summed E-state index contributed by atoms with van der Waals surface area (Å²) < 4.78 is 2.63. The Morgan fingerprint density at radius 2 is 2.29 bits per heavy atom. The van der Waals surface area contributed by atoms with Gasteiger partial charge >= 0.3 is 0 Å². The van der Waals surface area contributed by atoms with E-state index in [2.05, 4.69) is 34.3 Å². The van der Waals surface area contributed by atoms with Crippen LogP contribution in [0.1, 0.15) is 5.56 Å². The molecule has 2 rings (SSSR count). The Hall–Kier alpha value is -0.190. The Morgan fingerprint density at radius 1 is 1.50 bits per heavy atom.